The number of piperidine rings is 1. The lowest BCUT2D eigenvalue weighted by atomic mass is 9.96. The number of nitrogens with one attached hydrogen (secondary N) is 2. The van der Waals surface area contributed by atoms with Crippen molar-refractivity contribution in [3.05, 3.63) is 20.8 Å². The summed E-state index contributed by atoms with van der Waals surface area (Å²) >= 11 is 0. The fourth-order valence-electron chi connectivity index (χ4n) is 4.48. The number of rotatable bonds is 12. The van der Waals surface area contributed by atoms with E-state index < -0.39 is 11.2 Å². The average Bonchev–Trinajstić information content (AvgIpc) is 2.78. The minimum atomic E-state index is -0.710. The number of nitrogen functional groups attached to an aromatic ring is 1. The van der Waals surface area contributed by atoms with Gasteiger partial charge in [0.15, 0.2) is 5.69 Å². The Labute approximate surface area is 207 Å². The Hall–Kier alpha value is -2.66. The van der Waals surface area contributed by atoms with Crippen LogP contribution in [0.5, 0.6) is 0 Å². The predicted molar refractivity (Wildman–Crippen MR) is 136 cm³/mol. The van der Waals surface area contributed by atoms with E-state index in [4.69, 9.17) is 10.5 Å². The molecule has 1 fully saturated rings. The highest BCUT2D eigenvalue weighted by Gasteiger charge is 2.30. The van der Waals surface area contributed by atoms with Crippen molar-refractivity contribution in [2.24, 2.45) is 11.8 Å². The standard InChI is InChI=1S/C24H42N6O5/c1-6-8-17(4)26-22(32)18-9-7-10-28(14-18)15-19(31)29(11-12-35-5)20-21(25)30(13-16(2)3)24(34)27-23(20)33/h16-18H,6-15,25H2,1-5H3,(H,26,32)(H,27,33,34). The molecule has 0 radical (unpaired) electrons. The highest BCUT2D eigenvalue weighted by molar-refractivity contribution is 5.97. The summed E-state index contributed by atoms with van der Waals surface area (Å²) in [5, 5.41) is 3.07. The van der Waals surface area contributed by atoms with Gasteiger partial charge < -0.3 is 20.7 Å². The molecular weight excluding hydrogens is 452 g/mol. The van der Waals surface area contributed by atoms with Crippen molar-refractivity contribution in [1.29, 1.82) is 0 Å². The number of aromatic amines is 1. The lowest BCUT2D eigenvalue weighted by Gasteiger charge is -2.33. The number of amides is 2. The number of carbonyl (C=O) groups is 2. The second kappa shape index (κ2) is 13.4. The number of anilines is 2. The molecule has 2 rings (SSSR count). The second-order valence-corrected chi connectivity index (χ2v) is 9.81. The van der Waals surface area contributed by atoms with Gasteiger partial charge in [-0.3, -0.25) is 28.8 Å². The molecule has 198 valence electrons. The zero-order valence-corrected chi connectivity index (χ0v) is 21.8. The minimum Gasteiger partial charge on any atom is -0.383 e. The number of ether oxygens (including phenoxy) is 1. The number of methoxy groups -OCH3 is 1. The van der Waals surface area contributed by atoms with Gasteiger partial charge >= 0.3 is 5.69 Å². The van der Waals surface area contributed by atoms with E-state index >= 15 is 0 Å². The number of likely N-dealkylation sites (tertiary alicyclic amines) is 1. The second-order valence-electron chi connectivity index (χ2n) is 9.81. The van der Waals surface area contributed by atoms with Crippen LogP contribution in [0.2, 0.25) is 0 Å². The SMILES string of the molecule is CCCC(C)NC(=O)C1CCCN(CC(=O)N(CCOC)c2c(N)n(CC(C)C)c(=O)[nH]c2=O)C1. The highest BCUT2D eigenvalue weighted by atomic mass is 16.5. The molecule has 0 bridgehead atoms. The average molecular weight is 495 g/mol. The summed E-state index contributed by atoms with van der Waals surface area (Å²) in [5.41, 5.74) is 4.89. The molecule has 0 saturated carbocycles. The Bertz CT molecular complexity index is 972. The van der Waals surface area contributed by atoms with Crippen molar-refractivity contribution in [3.63, 3.8) is 0 Å². The van der Waals surface area contributed by atoms with Gasteiger partial charge in [-0.25, -0.2) is 4.79 Å². The Kier molecular flexibility index (Phi) is 11.0. The van der Waals surface area contributed by atoms with Crippen molar-refractivity contribution in [1.82, 2.24) is 19.8 Å². The van der Waals surface area contributed by atoms with Gasteiger partial charge in [-0.15, -0.1) is 0 Å². The van der Waals surface area contributed by atoms with Crippen LogP contribution < -0.4 is 27.2 Å². The summed E-state index contributed by atoms with van der Waals surface area (Å²) < 4.78 is 6.44. The summed E-state index contributed by atoms with van der Waals surface area (Å²) in [4.78, 5) is 56.7. The zero-order chi connectivity index (χ0) is 26.1. The molecule has 0 aliphatic carbocycles. The van der Waals surface area contributed by atoms with Crippen LogP contribution in [0.4, 0.5) is 11.5 Å². The lowest BCUT2D eigenvalue weighted by molar-refractivity contribution is -0.128. The smallest absolute Gasteiger partial charge is 0.330 e. The zero-order valence-electron chi connectivity index (χ0n) is 21.8. The molecule has 35 heavy (non-hydrogen) atoms. The molecule has 11 heteroatoms. The first kappa shape index (κ1) is 28.6. The molecule has 4 N–H and O–H groups in total. The molecule has 2 unspecified atom stereocenters. The van der Waals surface area contributed by atoms with Crippen LogP contribution >= 0.6 is 0 Å². The fourth-order valence-corrected chi connectivity index (χ4v) is 4.48. The van der Waals surface area contributed by atoms with E-state index in [1.54, 1.807) is 0 Å². The number of hydrogen-bond acceptors (Lipinski definition) is 7. The molecule has 11 nitrogen and oxygen atoms in total. The molecule has 0 aromatic carbocycles. The number of nitrogens with zero attached hydrogens (tertiary/aromatic N) is 3. The van der Waals surface area contributed by atoms with E-state index in [-0.39, 0.29) is 60.9 Å². The monoisotopic (exact) mass is 494 g/mol. The van der Waals surface area contributed by atoms with Gasteiger partial charge in [-0.2, -0.15) is 0 Å². The highest BCUT2D eigenvalue weighted by Crippen LogP contribution is 2.20. The molecule has 1 aliphatic heterocycles. The largest absolute Gasteiger partial charge is 0.383 e. The third-order valence-corrected chi connectivity index (χ3v) is 6.20. The van der Waals surface area contributed by atoms with E-state index in [0.29, 0.717) is 19.6 Å². The molecule has 1 saturated heterocycles. The first-order valence-corrected chi connectivity index (χ1v) is 12.5. The van der Waals surface area contributed by atoms with Crippen molar-refractivity contribution < 1.29 is 14.3 Å². The van der Waals surface area contributed by atoms with Crippen molar-refractivity contribution in [2.45, 2.75) is 66.0 Å². The van der Waals surface area contributed by atoms with Gasteiger partial charge in [0.1, 0.15) is 5.82 Å². The van der Waals surface area contributed by atoms with Crippen molar-refractivity contribution >= 4 is 23.3 Å². The number of nitrogens with two attached hydrogens (primary N) is 1. The first-order valence-electron chi connectivity index (χ1n) is 12.5. The maximum absolute atomic E-state index is 13.4. The summed E-state index contributed by atoms with van der Waals surface area (Å²) in [5.74, 6) is -0.453. The Morgan fingerprint density at radius 3 is 2.63 bits per heavy atom. The first-order chi connectivity index (χ1) is 16.6. The maximum Gasteiger partial charge on any atom is 0.330 e. The minimum absolute atomic E-state index is 0.0146. The van der Waals surface area contributed by atoms with E-state index in [0.717, 1.165) is 25.7 Å². The molecule has 1 aliphatic rings. The number of carbonyl (C=O) groups excluding carboxylic acids is 2. The molecule has 0 spiro atoms. The normalized spacial score (nSPS) is 17.4. The number of aromatic nitrogens is 2. The van der Waals surface area contributed by atoms with Gasteiger partial charge in [0.2, 0.25) is 11.8 Å². The van der Waals surface area contributed by atoms with E-state index in [1.807, 2.05) is 25.7 Å². The number of hydrogen-bond donors (Lipinski definition) is 3. The van der Waals surface area contributed by atoms with E-state index in [9.17, 15) is 19.2 Å². The summed E-state index contributed by atoms with van der Waals surface area (Å²) in [7, 11) is 1.50. The fraction of sp³-hybridized carbons (Fsp3) is 0.750. The molecule has 1 aromatic heterocycles. The van der Waals surface area contributed by atoms with Crippen LogP contribution in [-0.4, -0.2) is 72.2 Å². The summed E-state index contributed by atoms with van der Waals surface area (Å²) in [6.45, 7) is 9.71. The third kappa shape index (κ3) is 7.93. The van der Waals surface area contributed by atoms with E-state index in [1.165, 1.54) is 16.6 Å². The van der Waals surface area contributed by atoms with Crippen molar-refractivity contribution in [3.8, 4) is 0 Å². The topological polar surface area (TPSA) is 143 Å². The van der Waals surface area contributed by atoms with Crippen molar-refractivity contribution in [2.75, 3.05) is 50.5 Å². The predicted octanol–water partition coefficient (Wildman–Crippen LogP) is 0.771. The quantitative estimate of drug-likeness (QED) is 0.389. The molecule has 1 aromatic rings. The van der Waals surface area contributed by atoms with Crippen LogP contribution in [0.15, 0.2) is 9.59 Å². The van der Waals surface area contributed by atoms with Crippen LogP contribution in [0.25, 0.3) is 0 Å². The van der Waals surface area contributed by atoms with Crippen LogP contribution in [0.1, 0.15) is 53.4 Å². The summed E-state index contributed by atoms with van der Waals surface area (Å²) in [6.07, 6.45) is 3.49. The molecular formula is C24H42N6O5. The lowest BCUT2D eigenvalue weighted by Crippen LogP contribution is -2.50. The molecule has 2 heterocycles. The molecule has 2 amide bonds. The van der Waals surface area contributed by atoms with Crippen LogP contribution in [0, 0.1) is 11.8 Å². The van der Waals surface area contributed by atoms with Gasteiger partial charge in [-0.05, 0) is 38.6 Å². The Balaban J connectivity index is 2.23. The Morgan fingerprint density at radius 2 is 2.00 bits per heavy atom. The summed E-state index contributed by atoms with van der Waals surface area (Å²) in [6, 6.07) is 0.116. The maximum atomic E-state index is 13.4. The van der Waals surface area contributed by atoms with E-state index in [2.05, 4.69) is 17.2 Å². The number of H-pyrrole nitrogens is 1. The van der Waals surface area contributed by atoms with Gasteiger partial charge in [0.05, 0.1) is 19.1 Å². The van der Waals surface area contributed by atoms with Gasteiger partial charge in [-0.1, -0.05) is 27.2 Å². The van der Waals surface area contributed by atoms with Crippen LogP contribution in [-0.2, 0) is 20.9 Å². The molecule has 2 atom stereocenters. The van der Waals surface area contributed by atoms with Gasteiger partial charge in [0, 0.05) is 32.8 Å². The van der Waals surface area contributed by atoms with Crippen LogP contribution in [0.3, 0.4) is 0 Å². The van der Waals surface area contributed by atoms with Gasteiger partial charge in [0.25, 0.3) is 5.56 Å². The Morgan fingerprint density at radius 1 is 1.29 bits per heavy atom. The third-order valence-electron chi connectivity index (χ3n) is 6.20.